The predicted octanol–water partition coefficient (Wildman–Crippen LogP) is 12.9. The highest BCUT2D eigenvalue weighted by Crippen LogP contribution is 2.65. The summed E-state index contributed by atoms with van der Waals surface area (Å²) in [5.74, 6) is 0. The highest BCUT2D eigenvalue weighted by molar-refractivity contribution is 7.04. The molecule has 1 radical (unpaired) electrons. The molecule has 7 saturated carbocycles. The summed E-state index contributed by atoms with van der Waals surface area (Å²) in [6.07, 6.45) is 37.3. The van der Waals surface area contributed by atoms with E-state index in [4.69, 9.17) is 53.5 Å². The van der Waals surface area contributed by atoms with Crippen molar-refractivity contribution in [2.24, 2.45) is 0 Å². The quantitative estimate of drug-likeness (QED) is 0.204. The van der Waals surface area contributed by atoms with Crippen LogP contribution in [0.1, 0.15) is 225 Å². The molecule has 0 aromatic rings. The molecule has 6 heterocycles. The van der Waals surface area contributed by atoms with Gasteiger partial charge in [-0.25, -0.2) is 0 Å². The monoisotopic (exact) mass is 1070 g/mol. The van der Waals surface area contributed by atoms with Gasteiger partial charge in [0.05, 0.1) is 0 Å². The Kier molecular flexibility index (Phi) is 14.1. The third-order valence-corrected chi connectivity index (χ3v) is 59.0. The Labute approximate surface area is 407 Å². The maximum atomic E-state index is 8.67. The van der Waals surface area contributed by atoms with E-state index in [2.05, 4.69) is 13.1 Å². The molecule has 13 fully saturated rings. The van der Waals surface area contributed by atoms with E-state index in [0.717, 1.165) is 180 Å². The van der Waals surface area contributed by atoms with Gasteiger partial charge in [-0.1, -0.05) is 135 Å². The van der Waals surface area contributed by atoms with E-state index >= 15 is 0 Å². The molecule has 13 rings (SSSR count). The van der Waals surface area contributed by atoms with Gasteiger partial charge in [-0.05, 0) is 103 Å². The molecule has 22 heteroatoms. The molecule has 8 bridgehead atoms. The van der Waals surface area contributed by atoms with Crippen LogP contribution in [0.5, 0.6) is 0 Å². The van der Waals surface area contributed by atoms with Crippen LogP contribution in [-0.2, 0) is 53.5 Å². The largest absolute Gasteiger partial charge is 0.646 e. The topological polar surface area (TPSA) is 120 Å². The molecule has 0 N–H and O–H groups in total. The Balaban J connectivity index is 1.19. The fourth-order valence-corrected chi connectivity index (χ4v) is 72.0. The minimum atomic E-state index is -4.39. The molecule has 13 nitrogen and oxygen atoms in total. The van der Waals surface area contributed by atoms with Gasteiger partial charge in [0.15, 0.2) is 9.04 Å². The molecule has 0 aromatic heterocycles. The van der Waals surface area contributed by atoms with Crippen LogP contribution < -0.4 is 0 Å². The van der Waals surface area contributed by atoms with Crippen molar-refractivity contribution in [2.75, 3.05) is 0 Å². The van der Waals surface area contributed by atoms with Crippen molar-refractivity contribution >= 4 is 79.7 Å². The third kappa shape index (κ3) is 8.73. The molecule has 6 saturated heterocycles. The molecule has 373 valence electrons. The van der Waals surface area contributed by atoms with Gasteiger partial charge in [-0.2, -0.15) is 0 Å². The van der Waals surface area contributed by atoms with Gasteiger partial charge in [0.1, 0.15) is 0 Å². The minimum absolute atomic E-state index is 0.00970. The molecule has 6 aliphatic heterocycles. The SMILES string of the molecule is C[Si](C)O[Si]12O[Si]3(C4CCCCC4)O[Si]4(C5CCCCC5)O[Si](C5CCCCC5)(O1)O[Si]1(C5CCCCC5)O[Si](C5CCCCC5)(O2)O[Si](C2CCCCC2)(O3)O[Si](C2CCCCC2)(O4)O1. The van der Waals surface area contributed by atoms with Crippen LogP contribution >= 0.6 is 0 Å². The Morgan fingerprint density at radius 1 is 0.242 bits per heavy atom. The minimum Gasteiger partial charge on any atom is -0.395 e. The zero-order valence-electron chi connectivity index (χ0n) is 40.6. The number of hydrogen-bond donors (Lipinski definition) is 0. The van der Waals surface area contributed by atoms with Crippen molar-refractivity contribution in [1.82, 2.24) is 0 Å². The van der Waals surface area contributed by atoms with Crippen LogP contribution in [0, 0.1) is 0 Å². The van der Waals surface area contributed by atoms with Crippen LogP contribution in [0.25, 0.3) is 0 Å². The van der Waals surface area contributed by atoms with E-state index in [-0.39, 0.29) is 38.8 Å². The number of hydrogen-bond acceptors (Lipinski definition) is 13. The van der Waals surface area contributed by atoms with Gasteiger partial charge in [0.2, 0.25) is 0 Å². The van der Waals surface area contributed by atoms with Crippen molar-refractivity contribution in [3.8, 4) is 0 Å². The lowest BCUT2D eigenvalue weighted by atomic mass is 10.0. The summed E-state index contributed by atoms with van der Waals surface area (Å²) in [7, 11) is -34.1. The average molecular weight is 1070 g/mol. The first-order chi connectivity index (χ1) is 32.1. The van der Waals surface area contributed by atoms with Gasteiger partial charge in [0.25, 0.3) is 0 Å². The van der Waals surface area contributed by atoms with Gasteiger partial charge in [-0.15, -0.1) is 0 Å². The van der Waals surface area contributed by atoms with Crippen LogP contribution in [0.3, 0.4) is 0 Å². The highest BCUT2D eigenvalue weighted by atomic mass is 28.6. The first kappa shape index (κ1) is 48.4. The summed E-state index contributed by atoms with van der Waals surface area (Å²) in [5, 5.41) is 0. The first-order valence-corrected chi connectivity index (χ1v) is 44.7. The molecule has 0 unspecified atom stereocenters. The van der Waals surface area contributed by atoms with E-state index in [1.165, 1.54) is 44.9 Å². The summed E-state index contributed by atoms with van der Waals surface area (Å²) >= 11 is 0. The molecule has 0 amide bonds. The fourth-order valence-electron chi connectivity index (χ4n) is 15.1. The van der Waals surface area contributed by atoms with Crippen molar-refractivity contribution in [3.63, 3.8) is 0 Å². The summed E-state index contributed by atoms with van der Waals surface area (Å²) < 4.78 is 110. The Bertz CT molecular complexity index is 1490. The molecule has 66 heavy (non-hydrogen) atoms. The Morgan fingerprint density at radius 3 is 0.545 bits per heavy atom. The molecule has 0 spiro atoms. The number of rotatable bonds is 9. The molecular weight excluding hydrogens is 989 g/mol. The summed E-state index contributed by atoms with van der Waals surface area (Å²) in [5.41, 5.74) is 0.111. The summed E-state index contributed by atoms with van der Waals surface area (Å²) in [6, 6.07) is 0. The van der Waals surface area contributed by atoms with E-state index in [9.17, 15) is 0 Å². The van der Waals surface area contributed by atoms with Crippen molar-refractivity contribution in [2.45, 2.75) is 277 Å². The van der Waals surface area contributed by atoms with Crippen molar-refractivity contribution in [3.05, 3.63) is 0 Å². The molecular formula is C44H83O13Si9. The highest BCUT2D eigenvalue weighted by Gasteiger charge is 2.89. The van der Waals surface area contributed by atoms with Crippen LogP contribution in [0.2, 0.25) is 51.9 Å². The summed E-state index contributed by atoms with van der Waals surface area (Å²) in [6.45, 7) is 4.40. The average Bonchev–Trinajstić information content (AvgIpc) is 3.33. The van der Waals surface area contributed by atoms with Gasteiger partial charge < -0.3 is 53.5 Å². The Hall–Kier alpha value is 1.43. The first-order valence-electron chi connectivity index (χ1n) is 28.0. The zero-order chi connectivity index (χ0) is 44.6. The smallest absolute Gasteiger partial charge is 0.395 e. The summed E-state index contributed by atoms with van der Waals surface area (Å²) in [4.78, 5) is 0. The van der Waals surface area contributed by atoms with E-state index in [1.54, 1.807) is 0 Å². The van der Waals surface area contributed by atoms with Crippen molar-refractivity contribution in [1.29, 1.82) is 0 Å². The second kappa shape index (κ2) is 19.3. The fraction of sp³-hybridized carbons (Fsp3) is 1.00. The molecule has 0 aromatic carbocycles. The van der Waals surface area contributed by atoms with Gasteiger partial charge in [-0.3, -0.25) is 0 Å². The molecule has 0 atom stereocenters. The Morgan fingerprint density at radius 2 is 0.394 bits per heavy atom. The maximum Gasteiger partial charge on any atom is 0.646 e. The lowest BCUT2D eigenvalue weighted by Crippen LogP contribution is -2.91. The lowest BCUT2D eigenvalue weighted by molar-refractivity contribution is -0.0654. The standard InChI is InChI=1S/C44H83O13Si9/c1-58(2)45-66-55-63(42-32-18-7-19-33-42)49-60(39-26-12-4-13-27-39)46-59(38-24-10-3-11-25-38)47-61(51-63,40-28-14-5-15-29-40)53-65(57-66,44-36-22-9-23-37-44)54-62(48-59,41-30-16-6-17-31-41)52-64(50-60,56-66)43-34-20-8-21-35-43/h38-44H,3-37H2,1-2H3. The van der Waals surface area contributed by atoms with Crippen LogP contribution in [0.4, 0.5) is 0 Å². The normalized spacial score (nSPS) is 46.8. The maximum absolute atomic E-state index is 8.67. The van der Waals surface area contributed by atoms with E-state index in [1.807, 2.05) is 0 Å². The van der Waals surface area contributed by atoms with E-state index in [0.29, 0.717) is 0 Å². The molecule has 7 aliphatic carbocycles. The third-order valence-electron chi connectivity index (χ3n) is 18.4. The van der Waals surface area contributed by atoms with Crippen molar-refractivity contribution < 1.29 is 53.5 Å². The van der Waals surface area contributed by atoms with E-state index < -0.39 is 79.7 Å². The van der Waals surface area contributed by atoms with Crippen LogP contribution in [-0.4, -0.2) is 79.7 Å². The second-order valence-corrected chi connectivity index (χ2v) is 50.9. The van der Waals surface area contributed by atoms with Crippen LogP contribution in [0.15, 0.2) is 0 Å². The zero-order valence-corrected chi connectivity index (χ0v) is 49.6. The lowest BCUT2D eigenvalue weighted by Gasteiger charge is -2.67. The molecule has 13 aliphatic rings. The van der Waals surface area contributed by atoms with Gasteiger partial charge >= 0.3 is 70.7 Å². The predicted molar refractivity (Wildman–Crippen MR) is 265 cm³/mol. The second-order valence-electron chi connectivity index (χ2n) is 23.3. The van der Waals surface area contributed by atoms with Gasteiger partial charge in [0, 0.05) is 38.8 Å².